The lowest BCUT2D eigenvalue weighted by Gasteiger charge is -2.07. The monoisotopic (exact) mass is 329 g/mol. The Hall–Kier alpha value is -2.27. The number of benzene rings is 2. The number of nitrogens with one attached hydrogen (secondary N) is 1. The second-order valence-corrected chi connectivity index (χ2v) is 6.12. The Balaban J connectivity index is 1.62. The minimum absolute atomic E-state index is 0.261. The summed E-state index contributed by atoms with van der Waals surface area (Å²) in [6.07, 6.45) is 0. The molecule has 1 N–H and O–H groups in total. The molecule has 0 aliphatic carbocycles. The molecule has 2 aromatic rings. The summed E-state index contributed by atoms with van der Waals surface area (Å²) in [5, 5.41) is 2.73. The molecule has 1 amide bonds. The molecule has 0 aliphatic rings. The topological polar surface area (TPSA) is 55.4 Å². The van der Waals surface area contributed by atoms with Gasteiger partial charge in [0.25, 0.3) is 5.91 Å². The second kappa shape index (κ2) is 9.00. The molecule has 23 heavy (non-hydrogen) atoms. The van der Waals surface area contributed by atoms with E-state index < -0.39 is 5.97 Å². The Kier molecular flexibility index (Phi) is 6.69. The Morgan fingerprint density at radius 3 is 2.43 bits per heavy atom. The molecule has 0 aliphatic heterocycles. The van der Waals surface area contributed by atoms with Crippen LogP contribution in [0.5, 0.6) is 0 Å². The van der Waals surface area contributed by atoms with E-state index in [-0.39, 0.29) is 12.5 Å². The van der Waals surface area contributed by atoms with Crippen molar-refractivity contribution in [1.29, 1.82) is 0 Å². The maximum atomic E-state index is 11.7. The van der Waals surface area contributed by atoms with Crippen molar-refractivity contribution in [3.63, 3.8) is 0 Å². The summed E-state index contributed by atoms with van der Waals surface area (Å²) in [6.45, 7) is 2.31. The van der Waals surface area contributed by atoms with E-state index in [9.17, 15) is 9.59 Å². The molecule has 0 radical (unpaired) electrons. The highest BCUT2D eigenvalue weighted by Gasteiger charge is 2.09. The fraction of sp³-hybridized carbons (Fsp3) is 0.222. The molecule has 0 atom stereocenters. The van der Waals surface area contributed by atoms with Crippen molar-refractivity contribution in [2.75, 3.05) is 18.9 Å². The van der Waals surface area contributed by atoms with Gasteiger partial charge in [0.15, 0.2) is 6.61 Å². The van der Waals surface area contributed by atoms with Crippen LogP contribution in [0.15, 0.2) is 59.5 Å². The van der Waals surface area contributed by atoms with Gasteiger partial charge in [0.05, 0.1) is 5.56 Å². The molecule has 0 saturated heterocycles. The fourth-order valence-electron chi connectivity index (χ4n) is 1.83. The van der Waals surface area contributed by atoms with E-state index in [1.165, 1.54) is 10.5 Å². The maximum absolute atomic E-state index is 11.7. The van der Waals surface area contributed by atoms with E-state index in [0.717, 1.165) is 5.75 Å². The van der Waals surface area contributed by atoms with E-state index in [1.54, 1.807) is 36.0 Å². The predicted octanol–water partition coefficient (Wildman–Crippen LogP) is 3.06. The maximum Gasteiger partial charge on any atom is 0.338 e. The second-order valence-electron chi connectivity index (χ2n) is 4.95. The molecule has 5 heteroatoms. The third kappa shape index (κ3) is 6.16. The van der Waals surface area contributed by atoms with E-state index >= 15 is 0 Å². The van der Waals surface area contributed by atoms with E-state index in [1.807, 2.05) is 13.0 Å². The number of rotatable bonds is 7. The van der Waals surface area contributed by atoms with Crippen LogP contribution in [0.3, 0.4) is 0 Å². The van der Waals surface area contributed by atoms with E-state index in [2.05, 4.69) is 29.6 Å². The van der Waals surface area contributed by atoms with Crippen LogP contribution in [0, 0.1) is 6.92 Å². The Labute approximate surface area is 140 Å². The highest BCUT2D eigenvalue weighted by Crippen LogP contribution is 2.17. The molecular formula is C18H19NO3S. The molecule has 2 aromatic carbocycles. The average molecular weight is 329 g/mol. The average Bonchev–Trinajstić information content (AvgIpc) is 2.59. The van der Waals surface area contributed by atoms with Crippen LogP contribution in [-0.2, 0) is 9.53 Å². The zero-order chi connectivity index (χ0) is 16.5. The van der Waals surface area contributed by atoms with Gasteiger partial charge >= 0.3 is 5.97 Å². The van der Waals surface area contributed by atoms with Crippen LogP contribution < -0.4 is 5.32 Å². The minimum Gasteiger partial charge on any atom is -0.452 e. The van der Waals surface area contributed by atoms with Gasteiger partial charge < -0.3 is 10.1 Å². The lowest BCUT2D eigenvalue weighted by Crippen LogP contribution is -2.30. The number of thioether (sulfide) groups is 1. The summed E-state index contributed by atoms with van der Waals surface area (Å²) in [7, 11) is 0. The molecule has 0 unspecified atom stereocenters. The number of carbonyl (C=O) groups excluding carboxylic acids is 2. The van der Waals surface area contributed by atoms with E-state index in [0.29, 0.717) is 12.1 Å². The van der Waals surface area contributed by atoms with Gasteiger partial charge in [-0.05, 0) is 31.2 Å². The predicted molar refractivity (Wildman–Crippen MR) is 91.6 cm³/mol. The van der Waals surface area contributed by atoms with Crippen molar-refractivity contribution < 1.29 is 14.3 Å². The van der Waals surface area contributed by atoms with Gasteiger partial charge in [0.2, 0.25) is 0 Å². The molecule has 0 spiro atoms. The first-order valence-corrected chi connectivity index (χ1v) is 8.32. The number of ether oxygens (including phenoxy) is 1. The third-order valence-corrected chi connectivity index (χ3v) is 4.07. The summed E-state index contributed by atoms with van der Waals surface area (Å²) in [5.41, 5.74) is 1.66. The first-order valence-electron chi connectivity index (χ1n) is 7.33. The third-order valence-electron chi connectivity index (χ3n) is 3.06. The molecule has 0 bridgehead atoms. The summed E-state index contributed by atoms with van der Waals surface area (Å²) >= 11 is 1.67. The molecule has 2 rings (SSSR count). The number of hydrogen-bond donors (Lipinski definition) is 1. The van der Waals surface area contributed by atoms with Crippen LogP contribution in [0.1, 0.15) is 15.9 Å². The van der Waals surface area contributed by atoms with Crippen molar-refractivity contribution in [2.45, 2.75) is 11.8 Å². The fourth-order valence-corrected chi connectivity index (χ4v) is 2.60. The van der Waals surface area contributed by atoms with Crippen LogP contribution >= 0.6 is 11.8 Å². The number of aryl methyl sites for hydroxylation is 1. The summed E-state index contributed by atoms with van der Waals surface area (Å²) < 4.78 is 4.96. The number of carbonyl (C=O) groups is 2. The molecule has 0 aromatic heterocycles. The lowest BCUT2D eigenvalue weighted by molar-refractivity contribution is -0.124. The summed E-state index contributed by atoms with van der Waals surface area (Å²) in [4.78, 5) is 24.5. The van der Waals surface area contributed by atoms with Gasteiger partial charge in [-0.2, -0.15) is 0 Å². The van der Waals surface area contributed by atoms with Crippen LogP contribution in [0.4, 0.5) is 0 Å². The summed E-state index contributed by atoms with van der Waals surface area (Å²) in [5.74, 6) is -0.0184. The largest absolute Gasteiger partial charge is 0.452 e. The van der Waals surface area contributed by atoms with Crippen molar-refractivity contribution in [2.24, 2.45) is 0 Å². The summed E-state index contributed by atoms with van der Waals surface area (Å²) in [6, 6.07) is 16.9. The van der Waals surface area contributed by atoms with Gasteiger partial charge in [-0.3, -0.25) is 4.79 Å². The first kappa shape index (κ1) is 17.1. The Bertz CT molecular complexity index is 641. The Morgan fingerprint density at radius 1 is 1.04 bits per heavy atom. The SMILES string of the molecule is Cc1ccc(SCCNC(=O)COC(=O)c2ccccc2)cc1. The molecule has 4 nitrogen and oxygen atoms in total. The molecule has 0 fully saturated rings. The van der Waals surface area contributed by atoms with Crippen molar-refractivity contribution in [3.05, 3.63) is 65.7 Å². The molecule has 0 heterocycles. The van der Waals surface area contributed by atoms with Gasteiger partial charge in [0.1, 0.15) is 0 Å². The first-order chi connectivity index (χ1) is 11.1. The van der Waals surface area contributed by atoms with Gasteiger partial charge in [-0.1, -0.05) is 35.9 Å². The van der Waals surface area contributed by atoms with Gasteiger partial charge in [-0.15, -0.1) is 11.8 Å². The lowest BCUT2D eigenvalue weighted by atomic mass is 10.2. The molecule has 120 valence electrons. The van der Waals surface area contributed by atoms with Crippen LogP contribution in [0.2, 0.25) is 0 Å². The normalized spacial score (nSPS) is 10.1. The zero-order valence-corrected chi connectivity index (χ0v) is 13.8. The quantitative estimate of drug-likeness (QED) is 0.482. The molecular weight excluding hydrogens is 310 g/mol. The number of hydrogen-bond acceptors (Lipinski definition) is 4. The van der Waals surface area contributed by atoms with Gasteiger partial charge in [0, 0.05) is 17.2 Å². The van der Waals surface area contributed by atoms with Crippen molar-refractivity contribution >= 4 is 23.6 Å². The minimum atomic E-state index is -0.491. The van der Waals surface area contributed by atoms with Gasteiger partial charge in [-0.25, -0.2) is 4.79 Å². The Morgan fingerprint density at radius 2 is 1.74 bits per heavy atom. The zero-order valence-electron chi connectivity index (χ0n) is 13.0. The van der Waals surface area contributed by atoms with Crippen molar-refractivity contribution in [1.82, 2.24) is 5.32 Å². The number of amides is 1. The molecule has 0 saturated carbocycles. The standard InChI is InChI=1S/C18H19NO3S/c1-14-7-9-16(10-8-14)23-12-11-19-17(20)13-22-18(21)15-5-3-2-4-6-15/h2-10H,11-13H2,1H3,(H,19,20). The number of esters is 1. The van der Waals surface area contributed by atoms with Crippen molar-refractivity contribution in [3.8, 4) is 0 Å². The van der Waals surface area contributed by atoms with Crippen LogP contribution in [-0.4, -0.2) is 30.8 Å². The van der Waals surface area contributed by atoms with E-state index in [4.69, 9.17) is 4.74 Å². The smallest absolute Gasteiger partial charge is 0.338 e. The van der Waals surface area contributed by atoms with Crippen LogP contribution in [0.25, 0.3) is 0 Å². The highest BCUT2D eigenvalue weighted by molar-refractivity contribution is 7.99. The highest BCUT2D eigenvalue weighted by atomic mass is 32.2.